The summed E-state index contributed by atoms with van der Waals surface area (Å²) in [4.78, 5) is 48.3. The number of rotatable bonds is 53. The molecule has 11 nitrogen and oxygen atoms in total. The first-order valence-electron chi connectivity index (χ1n) is 27.9. The molecule has 0 fully saturated rings. The van der Waals surface area contributed by atoms with Crippen molar-refractivity contribution in [1.82, 2.24) is 0 Å². The van der Waals surface area contributed by atoms with Gasteiger partial charge in [0.15, 0.2) is 6.10 Å². The molecule has 0 heterocycles. The summed E-state index contributed by atoms with van der Waals surface area (Å²) in [6, 6.07) is 0. The lowest BCUT2D eigenvalue weighted by Crippen LogP contribution is -2.30. The van der Waals surface area contributed by atoms with E-state index in [9.17, 15) is 28.9 Å². The van der Waals surface area contributed by atoms with Gasteiger partial charge in [-0.15, -0.1) is 0 Å². The van der Waals surface area contributed by atoms with Crippen LogP contribution in [-0.4, -0.2) is 66.5 Å². The van der Waals surface area contributed by atoms with Crippen LogP contribution in [0.4, 0.5) is 0 Å². The van der Waals surface area contributed by atoms with E-state index in [1.807, 2.05) is 0 Å². The fourth-order valence-electron chi connectivity index (χ4n) is 8.24. The normalized spacial score (nSPS) is 13.3. The van der Waals surface area contributed by atoms with Crippen LogP contribution < -0.4 is 0 Å². The van der Waals surface area contributed by atoms with Gasteiger partial charge in [-0.05, 0) is 19.3 Å². The summed E-state index contributed by atoms with van der Waals surface area (Å²) < 4.78 is 39.4. The third kappa shape index (κ3) is 47.5. The summed E-state index contributed by atoms with van der Waals surface area (Å²) in [6.07, 6.45) is 45.0. The Bertz CT molecular complexity index is 1120. The zero-order chi connectivity index (χ0) is 48.4. The van der Waals surface area contributed by atoms with Crippen molar-refractivity contribution >= 4 is 25.7 Å². The van der Waals surface area contributed by atoms with Gasteiger partial charge in [-0.2, -0.15) is 0 Å². The van der Waals surface area contributed by atoms with Gasteiger partial charge in [0.05, 0.1) is 19.8 Å². The molecule has 0 saturated carbocycles. The highest BCUT2D eigenvalue weighted by molar-refractivity contribution is 7.47. The molecule has 0 aliphatic carbocycles. The van der Waals surface area contributed by atoms with Crippen molar-refractivity contribution in [3.8, 4) is 0 Å². The van der Waals surface area contributed by atoms with E-state index in [-0.39, 0.29) is 25.9 Å². The summed E-state index contributed by atoms with van der Waals surface area (Å²) in [5.41, 5.74) is 0. The Kier molecular flexibility index (Phi) is 48.7. The molecule has 0 aliphatic heterocycles. The van der Waals surface area contributed by atoms with Crippen molar-refractivity contribution in [2.75, 3.05) is 26.4 Å². The van der Waals surface area contributed by atoms with Gasteiger partial charge >= 0.3 is 25.7 Å². The fourth-order valence-corrected chi connectivity index (χ4v) is 9.02. The Balaban J connectivity index is 4.62. The summed E-state index contributed by atoms with van der Waals surface area (Å²) in [7, 11) is -4.73. The number of ether oxygens (including phenoxy) is 3. The topological polar surface area (TPSA) is 155 Å². The number of hydrogen-bond donors (Lipinski definition) is 2. The maximum atomic E-state index is 12.8. The largest absolute Gasteiger partial charge is 0.472 e. The molecule has 0 bridgehead atoms. The molecule has 0 radical (unpaired) electrons. The quantitative estimate of drug-likeness (QED) is 0.0259. The summed E-state index contributed by atoms with van der Waals surface area (Å²) in [5.74, 6) is -1.43. The highest BCUT2D eigenvalue weighted by Crippen LogP contribution is 2.43. The van der Waals surface area contributed by atoms with E-state index in [2.05, 4.69) is 20.8 Å². The Morgan fingerprint density at radius 1 is 0.364 bits per heavy atom. The molecule has 12 heteroatoms. The highest BCUT2D eigenvalue weighted by atomic mass is 31.2. The molecule has 2 N–H and O–H groups in total. The van der Waals surface area contributed by atoms with Crippen LogP contribution in [0.3, 0.4) is 0 Å². The van der Waals surface area contributed by atoms with Crippen LogP contribution in [-0.2, 0) is 42.2 Å². The third-order valence-corrected chi connectivity index (χ3v) is 13.5. The zero-order valence-corrected chi connectivity index (χ0v) is 44.1. The third-order valence-electron chi connectivity index (χ3n) is 12.5. The minimum atomic E-state index is -4.73. The molecule has 0 saturated heterocycles. The van der Waals surface area contributed by atoms with Crippen LogP contribution in [0, 0.1) is 0 Å². The first-order valence-corrected chi connectivity index (χ1v) is 29.4. The number of phosphoric acid groups is 1. The minimum absolute atomic E-state index is 0.177. The van der Waals surface area contributed by atoms with Crippen molar-refractivity contribution in [2.45, 2.75) is 303 Å². The van der Waals surface area contributed by atoms with E-state index in [4.69, 9.17) is 23.3 Å². The number of aliphatic hydroxyl groups excluding tert-OH is 1. The van der Waals surface area contributed by atoms with Crippen LogP contribution in [0.15, 0.2) is 0 Å². The van der Waals surface area contributed by atoms with Crippen LogP contribution in [0.25, 0.3) is 0 Å². The molecular formula is C54H105O11P. The number of hydrogen-bond acceptors (Lipinski definition) is 10. The molecule has 0 spiro atoms. The van der Waals surface area contributed by atoms with Crippen molar-refractivity contribution < 1.29 is 52.2 Å². The van der Waals surface area contributed by atoms with Crippen molar-refractivity contribution in [3.05, 3.63) is 0 Å². The molecule has 3 unspecified atom stereocenters. The van der Waals surface area contributed by atoms with Gasteiger partial charge in [0.1, 0.15) is 12.7 Å². The van der Waals surface area contributed by atoms with Gasteiger partial charge in [-0.3, -0.25) is 23.4 Å². The molecule has 0 amide bonds. The Morgan fingerprint density at radius 3 is 0.894 bits per heavy atom. The van der Waals surface area contributed by atoms with E-state index in [1.54, 1.807) is 0 Å². The van der Waals surface area contributed by atoms with Gasteiger partial charge in [-0.25, -0.2) is 4.57 Å². The minimum Gasteiger partial charge on any atom is -0.462 e. The predicted octanol–water partition coefficient (Wildman–Crippen LogP) is 15.9. The van der Waals surface area contributed by atoms with E-state index >= 15 is 0 Å². The first kappa shape index (κ1) is 64.5. The van der Waals surface area contributed by atoms with Gasteiger partial charge in [0, 0.05) is 19.3 Å². The van der Waals surface area contributed by atoms with Gasteiger partial charge in [0.2, 0.25) is 0 Å². The number of carbonyl (C=O) groups is 3. The molecule has 392 valence electrons. The van der Waals surface area contributed by atoms with Gasteiger partial charge in [-0.1, -0.05) is 252 Å². The predicted molar refractivity (Wildman–Crippen MR) is 270 cm³/mol. The average molecular weight is 961 g/mol. The summed E-state index contributed by atoms with van der Waals surface area (Å²) >= 11 is 0. The molecule has 3 atom stereocenters. The van der Waals surface area contributed by atoms with E-state index < -0.39 is 57.8 Å². The number of phosphoric ester groups is 1. The highest BCUT2D eigenvalue weighted by Gasteiger charge is 2.28. The Labute approximate surface area is 405 Å². The number of unbranched alkanes of at least 4 members (excludes halogenated alkanes) is 36. The Hall–Kier alpha value is -1.52. The van der Waals surface area contributed by atoms with Gasteiger partial charge < -0.3 is 24.2 Å². The molecule has 0 aromatic rings. The van der Waals surface area contributed by atoms with Crippen molar-refractivity contribution in [1.29, 1.82) is 0 Å². The number of carbonyl (C=O) groups excluding carboxylic acids is 3. The number of esters is 3. The molecule has 0 aromatic carbocycles. The second-order valence-corrected chi connectivity index (χ2v) is 20.6. The smallest absolute Gasteiger partial charge is 0.462 e. The fraction of sp³-hybridized carbons (Fsp3) is 0.944. The first-order chi connectivity index (χ1) is 32.2. The second-order valence-electron chi connectivity index (χ2n) is 19.1. The summed E-state index contributed by atoms with van der Waals surface area (Å²) in [6.45, 7) is 4.68. The van der Waals surface area contributed by atoms with Crippen molar-refractivity contribution in [2.24, 2.45) is 0 Å². The molecule has 0 aromatic heterocycles. The van der Waals surface area contributed by atoms with E-state index in [0.29, 0.717) is 19.3 Å². The van der Waals surface area contributed by atoms with E-state index in [1.165, 1.54) is 173 Å². The SMILES string of the molecule is CCCCCCCCCCCCCCCCCCCC(=O)OCC(COP(=O)(O)OCC(CO)OC(=O)CCCCCCCCCCCCC)OC(=O)CCCCCCCCCCCCC. The average Bonchev–Trinajstić information content (AvgIpc) is 3.30. The molecule has 0 rings (SSSR count). The Morgan fingerprint density at radius 2 is 0.606 bits per heavy atom. The van der Waals surface area contributed by atoms with Crippen LogP contribution in [0.2, 0.25) is 0 Å². The standard InChI is InChI=1S/C54H105O11P/c1-4-7-10-13-16-19-22-23-24-25-26-27-30-31-34-37-40-43-52(56)61-47-51(65-54(58)45-42-39-36-33-29-21-18-15-12-9-6-3)49-63-66(59,60)62-48-50(46-55)64-53(57)44-41-38-35-32-28-20-17-14-11-8-5-2/h50-51,55H,4-49H2,1-3H3,(H,59,60). The van der Waals surface area contributed by atoms with Crippen LogP contribution in [0.5, 0.6) is 0 Å². The zero-order valence-electron chi connectivity index (χ0n) is 43.2. The van der Waals surface area contributed by atoms with Gasteiger partial charge in [0.25, 0.3) is 0 Å². The lowest BCUT2D eigenvalue weighted by molar-refractivity contribution is -0.161. The lowest BCUT2D eigenvalue weighted by Gasteiger charge is -2.21. The molecule has 0 aliphatic rings. The van der Waals surface area contributed by atoms with Crippen LogP contribution in [0.1, 0.15) is 290 Å². The maximum absolute atomic E-state index is 12.8. The molecule has 66 heavy (non-hydrogen) atoms. The van der Waals surface area contributed by atoms with E-state index in [0.717, 1.165) is 57.8 Å². The second kappa shape index (κ2) is 49.9. The monoisotopic (exact) mass is 961 g/mol. The van der Waals surface area contributed by atoms with Crippen molar-refractivity contribution in [3.63, 3.8) is 0 Å². The number of aliphatic hydroxyl groups is 1. The summed E-state index contributed by atoms with van der Waals surface area (Å²) in [5, 5.41) is 9.77. The molecular weight excluding hydrogens is 856 g/mol. The van der Waals surface area contributed by atoms with Crippen LogP contribution >= 0.6 is 7.82 Å². The maximum Gasteiger partial charge on any atom is 0.472 e. The lowest BCUT2D eigenvalue weighted by atomic mass is 10.0.